The normalized spacial score (nSPS) is 17.0. The summed E-state index contributed by atoms with van der Waals surface area (Å²) in [4.78, 5) is 28.0. The maximum atomic E-state index is 12.1. The summed E-state index contributed by atoms with van der Waals surface area (Å²) in [6, 6.07) is 3.44. The maximum absolute atomic E-state index is 12.1. The molecule has 2 aliphatic rings. The van der Waals surface area contributed by atoms with E-state index in [1.54, 1.807) is 0 Å². The lowest BCUT2D eigenvalue weighted by atomic mass is 10.0. The van der Waals surface area contributed by atoms with Crippen molar-refractivity contribution in [2.45, 2.75) is 38.5 Å². The van der Waals surface area contributed by atoms with Gasteiger partial charge in [-0.1, -0.05) is 0 Å². The lowest BCUT2D eigenvalue weighted by molar-refractivity contribution is -0.384. The first-order chi connectivity index (χ1) is 15.5. The molecule has 2 aromatic rings. The van der Waals surface area contributed by atoms with Crippen LogP contribution in [0.25, 0.3) is 0 Å². The summed E-state index contributed by atoms with van der Waals surface area (Å²) in [5.74, 6) is -0.827. The molecule has 0 aliphatic carbocycles. The maximum Gasteiger partial charge on any atom is 0.297 e. The molecule has 3 N–H and O–H groups in total. The van der Waals surface area contributed by atoms with Crippen molar-refractivity contribution in [3.05, 3.63) is 33.5 Å². The summed E-state index contributed by atoms with van der Waals surface area (Å²) in [5.41, 5.74) is 9.77. The van der Waals surface area contributed by atoms with Crippen molar-refractivity contribution < 1.29 is 14.3 Å². The molecule has 0 atom stereocenters. The molecule has 1 amide bonds. The summed E-state index contributed by atoms with van der Waals surface area (Å²) < 4.78 is 4.42. The van der Waals surface area contributed by atoms with Crippen molar-refractivity contribution >= 4 is 35.0 Å². The van der Waals surface area contributed by atoms with Crippen LogP contribution in [-0.2, 0) is 0 Å². The van der Waals surface area contributed by atoms with Crippen molar-refractivity contribution in [2.75, 3.05) is 41.7 Å². The number of hydrazone groups is 1. The van der Waals surface area contributed by atoms with Crippen LogP contribution in [-0.4, -0.2) is 53.5 Å². The molecule has 170 valence electrons. The van der Waals surface area contributed by atoms with Crippen molar-refractivity contribution in [3.8, 4) is 0 Å². The van der Waals surface area contributed by atoms with Gasteiger partial charge < -0.3 is 15.5 Å². The molecular weight excluding hydrogens is 416 g/mol. The highest BCUT2D eigenvalue weighted by molar-refractivity contribution is 5.97. The van der Waals surface area contributed by atoms with E-state index in [9.17, 15) is 14.9 Å². The van der Waals surface area contributed by atoms with Gasteiger partial charge in [0.2, 0.25) is 11.5 Å². The molecule has 2 saturated heterocycles. The Labute approximate surface area is 184 Å². The first kappa shape index (κ1) is 21.5. The molecule has 0 radical (unpaired) electrons. The van der Waals surface area contributed by atoms with Gasteiger partial charge in [0.25, 0.3) is 11.6 Å². The zero-order valence-corrected chi connectivity index (χ0v) is 17.7. The van der Waals surface area contributed by atoms with Crippen LogP contribution in [0.3, 0.4) is 0 Å². The summed E-state index contributed by atoms with van der Waals surface area (Å²) in [6.45, 7) is 3.34. The second-order valence-corrected chi connectivity index (χ2v) is 7.95. The van der Waals surface area contributed by atoms with Gasteiger partial charge in [-0.15, -0.1) is 0 Å². The van der Waals surface area contributed by atoms with Crippen LogP contribution >= 0.6 is 0 Å². The van der Waals surface area contributed by atoms with Crippen LogP contribution in [0.4, 0.5) is 22.9 Å². The summed E-state index contributed by atoms with van der Waals surface area (Å²) in [5, 5.41) is 22.7. The van der Waals surface area contributed by atoms with E-state index in [2.05, 4.69) is 35.3 Å². The molecular formula is C20H26N8O4. The number of nitrogens with two attached hydrogens (primary N) is 1. The predicted molar refractivity (Wildman–Crippen MR) is 119 cm³/mol. The molecule has 0 saturated carbocycles. The Bertz CT molecular complexity index is 1010. The van der Waals surface area contributed by atoms with Gasteiger partial charge in [0, 0.05) is 43.5 Å². The van der Waals surface area contributed by atoms with E-state index in [1.165, 1.54) is 12.3 Å². The van der Waals surface area contributed by atoms with E-state index >= 15 is 0 Å². The van der Waals surface area contributed by atoms with Gasteiger partial charge in [-0.2, -0.15) is 5.10 Å². The van der Waals surface area contributed by atoms with Crippen molar-refractivity contribution in [3.63, 3.8) is 0 Å². The van der Waals surface area contributed by atoms with Crippen molar-refractivity contribution in [2.24, 2.45) is 5.10 Å². The van der Waals surface area contributed by atoms with E-state index in [4.69, 9.17) is 5.73 Å². The number of carbonyl (C=O) groups is 1. The van der Waals surface area contributed by atoms with Gasteiger partial charge in [0.15, 0.2) is 0 Å². The van der Waals surface area contributed by atoms with Gasteiger partial charge in [-0.05, 0) is 54.9 Å². The lowest BCUT2D eigenvalue weighted by Gasteiger charge is -2.33. The highest BCUT2D eigenvalue weighted by Gasteiger charge is 2.26. The van der Waals surface area contributed by atoms with Crippen LogP contribution in [0, 0.1) is 10.1 Å². The molecule has 12 nitrogen and oxygen atoms in total. The number of benzene rings is 1. The van der Waals surface area contributed by atoms with Gasteiger partial charge in [-0.3, -0.25) is 14.9 Å². The minimum atomic E-state index is -0.682. The third-order valence-electron chi connectivity index (χ3n) is 5.81. The number of nitrogen functional groups attached to an aromatic ring is 1. The van der Waals surface area contributed by atoms with Crippen LogP contribution in [0.1, 0.15) is 54.6 Å². The topological polar surface area (TPSA) is 156 Å². The second kappa shape index (κ2) is 9.62. The Kier molecular flexibility index (Phi) is 6.47. The van der Waals surface area contributed by atoms with E-state index < -0.39 is 5.91 Å². The highest BCUT2D eigenvalue weighted by atomic mass is 16.6. The SMILES string of the molecule is Nc1nonc1C(=O)N/N=C\c1cc([N+](=O)[O-])c(N2CCCCC2)cc1N1CCCCC1. The Hall–Kier alpha value is -3.70. The number of amides is 1. The Balaban J connectivity index is 1.67. The number of piperidine rings is 2. The number of nitrogens with zero attached hydrogens (tertiary/aromatic N) is 6. The lowest BCUT2D eigenvalue weighted by Crippen LogP contribution is -2.32. The van der Waals surface area contributed by atoms with Crippen molar-refractivity contribution in [1.82, 2.24) is 15.7 Å². The predicted octanol–water partition coefficient (Wildman–Crippen LogP) is 2.30. The fourth-order valence-corrected chi connectivity index (χ4v) is 4.19. The number of aromatic nitrogens is 2. The molecule has 2 aliphatic heterocycles. The summed E-state index contributed by atoms with van der Waals surface area (Å²) in [6.07, 6.45) is 7.87. The Morgan fingerprint density at radius 3 is 2.25 bits per heavy atom. The first-order valence-corrected chi connectivity index (χ1v) is 10.8. The van der Waals surface area contributed by atoms with E-state index in [0.717, 1.165) is 70.4 Å². The van der Waals surface area contributed by atoms with Gasteiger partial charge in [0.05, 0.1) is 11.1 Å². The largest absolute Gasteiger partial charge is 0.379 e. The number of anilines is 3. The molecule has 32 heavy (non-hydrogen) atoms. The van der Waals surface area contributed by atoms with Crippen LogP contribution < -0.4 is 21.0 Å². The molecule has 2 fully saturated rings. The average Bonchev–Trinajstić information content (AvgIpc) is 3.25. The third kappa shape index (κ3) is 4.63. The highest BCUT2D eigenvalue weighted by Crippen LogP contribution is 2.37. The van der Waals surface area contributed by atoms with E-state index in [1.807, 2.05) is 6.07 Å². The van der Waals surface area contributed by atoms with Gasteiger partial charge >= 0.3 is 0 Å². The molecule has 0 bridgehead atoms. The monoisotopic (exact) mass is 442 g/mol. The Morgan fingerprint density at radius 2 is 1.69 bits per heavy atom. The zero-order valence-electron chi connectivity index (χ0n) is 17.7. The average molecular weight is 442 g/mol. The molecule has 1 aromatic heterocycles. The number of nitro benzene ring substituents is 1. The number of carbonyl (C=O) groups excluding carboxylic acids is 1. The molecule has 4 rings (SSSR count). The fraction of sp³-hybridized carbons (Fsp3) is 0.500. The fourth-order valence-electron chi connectivity index (χ4n) is 4.19. The van der Waals surface area contributed by atoms with E-state index in [-0.39, 0.29) is 22.1 Å². The van der Waals surface area contributed by atoms with E-state index in [0.29, 0.717) is 11.3 Å². The minimum absolute atomic E-state index is 0.0328. The second-order valence-electron chi connectivity index (χ2n) is 7.95. The van der Waals surface area contributed by atoms with Gasteiger partial charge in [0.1, 0.15) is 5.69 Å². The standard InChI is InChI=1S/C20H26N8O4/c21-19-18(24-32-25-19)20(29)23-22-13-14-11-17(28(30)31)16(27-9-5-2-6-10-27)12-15(14)26-7-3-1-4-8-26/h11-13H,1-10H2,(H2,21,25)(H,23,29)/b22-13-. The number of rotatable bonds is 6. The number of nitro groups is 1. The summed E-state index contributed by atoms with van der Waals surface area (Å²) >= 11 is 0. The third-order valence-corrected chi connectivity index (χ3v) is 5.81. The number of hydrogen-bond donors (Lipinski definition) is 2. The number of hydrogen-bond acceptors (Lipinski definition) is 10. The van der Waals surface area contributed by atoms with Gasteiger partial charge in [-0.25, -0.2) is 10.1 Å². The van der Waals surface area contributed by atoms with Crippen LogP contribution in [0.5, 0.6) is 0 Å². The van der Waals surface area contributed by atoms with Crippen LogP contribution in [0.15, 0.2) is 21.9 Å². The molecule has 1 aromatic carbocycles. The molecule has 12 heteroatoms. The van der Waals surface area contributed by atoms with Crippen molar-refractivity contribution in [1.29, 1.82) is 0 Å². The first-order valence-electron chi connectivity index (χ1n) is 10.8. The molecule has 0 spiro atoms. The Morgan fingerprint density at radius 1 is 1.06 bits per heavy atom. The minimum Gasteiger partial charge on any atom is -0.379 e. The molecule has 0 unspecified atom stereocenters. The number of nitrogens with one attached hydrogen (secondary N) is 1. The summed E-state index contributed by atoms with van der Waals surface area (Å²) in [7, 11) is 0. The quantitative estimate of drug-likeness (QED) is 0.389. The molecule has 3 heterocycles. The zero-order chi connectivity index (χ0) is 22.5. The van der Waals surface area contributed by atoms with Crippen LogP contribution in [0.2, 0.25) is 0 Å². The smallest absolute Gasteiger partial charge is 0.297 e.